The molecule has 86 valence electrons. The first-order valence-corrected chi connectivity index (χ1v) is 6.58. The first-order valence-electron chi connectivity index (χ1n) is 4.32. The van der Waals surface area contributed by atoms with Gasteiger partial charge in [-0.25, -0.2) is 8.42 Å². The molecule has 2 heterocycles. The number of aromatic amines is 1. The van der Waals surface area contributed by atoms with E-state index in [2.05, 4.69) is 24.5 Å². The summed E-state index contributed by atoms with van der Waals surface area (Å²) in [4.78, 5) is 0.168. The van der Waals surface area contributed by atoms with Gasteiger partial charge in [0.05, 0.1) is 17.6 Å². The highest BCUT2D eigenvalue weighted by atomic mass is 32.2. The lowest BCUT2D eigenvalue weighted by molar-refractivity contribution is 0.600. The second-order valence-corrected chi connectivity index (χ2v) is 5.56. The molecule has 2 aromatic rings. The van der Waals surface area contributed by atoms with Crippen molar-refractivity contribution in [1.82, 2.24) is 19.8 Å². The Morgan fingerprint density at radius 3 is 2.69 bits per heavy atom. The smallest absolute Gasteiger partial charge is 0.266 e. The van der Waals surface area contributed by atoms with Crippen LogP contribution in [0.4, 0.5) is 5.00 Å². The van der Waals surface area contributed by atoms with Gasteiger partial charge in [-0.3, -0.25) is 9.82 Å². The van der Waals surface area contributed by atoms with E-state index >= 15 is 0 Å². The summed E-state index contributed by atoms with van der Waals surface area (Å²) in [5.41, 5.74) is 0.935. The molecule has 0 spiro atoms. The van der Waals surface area contributed by atoms with Crippen molar-refractivity contribution < 1.29 is 8.42 Å². The number of aromatic nitrogens is 4. The van der Waals surface area contributed by atoms with Gasteiger partial charge in [-0.2, -0.15) is 5.10 Å². The maximum atomic E-state index is 12.0. The highest BCUT2D eigenvalue weighted by Gasteiger charge is 2.22. The molecule has 0 saturated heterocycles. The van der Waals surface area contributed by atoms with E-state index < -0.39 is 10.0 Å². The van der Waals surface area contributed by atoms with Crippen molar-refractivity contribution in [2.45, 2.75) is 18.7 Å². The first kappa shape index (κ1) is 11.0. The van der Waals surface area contributed by atoms with Crippen LogP contribution in [-0.4, -0.2) is 28.2 Å². The molecule has 9 heteroatoms. The average Bonchev–Trinajstić information content (AvgIpc) is 2.76. The molecule has 0 saturated carbocycles. The normalized spacial score (nSPS) is 11.6. The number of rotatable bonds is 3. The molecule has 0 aliphatic heterocycles. The molecular formula is C7H9N5O2S2. The second-order valence-electron chi connectivity index (χ2n) is 3.15. The van der Waals surface area contributed by atoms with Crippen molar-refractivity contribution in [2.24, 2.45) is 0 Å². The van der Waals surface area contributed by atoms with Crippen LogP contribution in [0.1, 0.15) is 11.4 Å². The van der Waals surface area contributed by atoms with Crippen molar-refractivity contribution in [3.8, 4) is 0 Å². The third kappa shape index (κ3) is 1.91. The SMILES string of the molecule is Cc1n[nH]c(C)c1S(=O)(=O)Nc1cnns1. The van der Waals surface area contributed by atoms with Crippen molar-refractivity contribution >= 4 is 26.6 Å². The van der Waals surface area contributed by atoms with Crippen LogP contribution in [0.2, 0.25) is 0 Å². The Kier molecular flexibility index (Phi) is 2.64. The molecule has 2 aromatic heterocycles. The number of anilines is 1. The van der Waals surface area contributed by atoms with Gasteiger partial charge < -0.3 is 0 Å². The van der Waals surface area contributed by atoms with Crippen LogP contribution < -0.4 is 4.72 Å². The van der Waals surface area contributed by atoms with E-state index in [-0.39, 0.29) is 4.90 Å². The highest BCUT2D eigenvalue weighted by molar-refractivity contribution is 7.93. The summed E-state index contributed by atoms with van der Waals surface area (Å²) in [6.45, 7) is 3.28. The number of hydrogen-bond acceptors (Lipinski definition) is 6. The Labute approximate surface area is 96.1 Å². The van der Waals surface area contributed by atoms with Crippen LogP contribution in [0.3, 0.4) is 0 Å². The molecule has 0 unspecified atom stereocenters. The van der Waals surface area contributed by atoms with Crippen molar-refractivity contribution in [3.05, 3.63) is 17.6 Å². The van der Waals surface area contributed by atoms with Gasteiger partial charge in [-0.15, -0.1) is 5.10 Å². The number of H-pyrrole nitrogens is 1. The van der Waals surface area contributed by atoms with Crippen LogP contribution in [0, 0.1) is 13.8 Å². The third-order valence-corrected chi connectivity index (χ3v) is 4.26. The molecule has 0 fully saturated rings. The quantitative estimate of drug-likeness (QED) is 0.844. The van der Waals surface area contributed by atoms with Gasteiger partial charge in [0.15, 0.2) is 0 Å². The van der Waals surface area contributed by atoms with Crippen molar-refractivity contribution in [3.63, 3.8) is 0 Å². The third-order valence-electron chi connectivity index (χ3n) is 1.93. The van der Waals surface area contributed by atoms with Crippen LogP contribution in [0.15, 0.2) is 11.1 Å². The van der Waals surface area contributed by atoms with Crippen molar-refractivity contribution in [1.29, 1.82) is 0 Å². The number of sulfonamides is 1. The summed E-state index contributed by atoms with van der Waals surface area (Å²) >= 11 is 0.977. The molecule has 16 heavy (non-hydrogen) atoms. The van der Waals surface area contributed by atoms with E-state index in [1.54, 1.807) is 13.8 Å². The summed E-state index contributed by atoms with van der Waals surface area (Å²) in [7, 11) is -3.61. The lowest BCUT2D eigenvalue weighted by atomic mass is 10.4. The number of hydrogen-bond donors (Lipinski definition) is 2. The summed E-state index contributed by atoms with van der Waals surface area (Å²) in [5, 5.41) is 10.4. The van der Waals surface area contributed by atoms with Gasteiger partial charge in [0.1, 0.15) is 9.90 Å². The largest absolute Gasteiger partial charge is 0.281 e. The van der Waals surface area contributed by atoms with Crippen LogP contribution >= 0.6 is 11.5 Å². The molecule has 0 amide bonds. The van der Waals surface area contributed by atoms with Gasteiger partial charge in [0.2, 0.25) is 0 Å². The Morgan fingerprint density at radius 2 is 2.19 bits per heavy atom. The van der Waals surface area contributed by atoms with Gasteiger partial charge in [0.25, 0.3) is 10.0 Å². The molecule has 0 aliphatic carbocycles. The number of nitrogens with one attached hydrogen (secondary N) is 2. The average molecular weight is 259 g/mol. The van der Waals surface area contributed by atoms with E-state index in [0.29, 0.717) is 16.4 Å². The molecule has 0 aromatic carbocycles. The van der Waals surface area contributed by atoms with E-state index in [4.69, 9.17) is 0 Å². The molecule has 0 bridgehead atoms. The maximum absolute atomic E-state index is 12.0. The van der Waals surface area contributed by atoms with E-state index in [1.165, 1.54) is 6.20 Å². The zero-order chi connectivity index (χ0) is 11.8. The summed E-state index contributed by atoms with van der Waals surface area (Å²) in [5.74, 6) is 0. The van der Waals surface area contributed by atoms with Crippen LogP contribution in [0.25, 0.3) is 0 Å². The van der Waals surface area contributed by atoms with Crippen LogP contribution in [0.5, 0.6) is 0 Å². The minimum Gasteiger partial charge on any atom is -0.281 e. The molecule has 7 nitrogen and oxygen atoms in total. The molecule has 0 atom stereocenters. The molecule has 0 aliphatic rings. The molecule has 0 radical (unpaired) electrons. The predicted octanol–water partition coefficient (Wildman–Crippen LogP) is 0.679. The summed E-state index contributed by atoms with van der Waals surface area (Å²) < 4.78 is 29.9. The summed E-state index contributed by atoms with van der Waals surface area (Å²) in [6.07, 6.45) is 1.35. The Morgan fingerprint density at radius 1 is 1.44 bits per heavy atom. The van der Waals surface area contributed by atoms with E-state index in [0.717, 1.165) is 11.5 Å². The van der Waals surface area contributed by atoms with Gasteiger partial charge in [-0.1, -0.05) is 4.49 Å². The fourth-order valence-corrected chi connectivity index (χ4v) is 3.39. The highest BCUT2D eigenvalue weighted by Crippen LogP contribution is 2.21. The van der Waals surface area contributed by atoms with Gasteiger partial charge in [-0.05, 0) is 13.8 Å². The lowest BCUT2D eigenvalue weighted by Gasteiger charge is -2.04. The van der Waals surface area contributed by atoms with E-state index in [9.17, 15) is 8.42 Å². The Hall–Kier alpha value is -1.48. The van der Waals surface area contributed by atoms with Crippen molar-refractivity contribution in [2.75, 3.05) is 4.72 Å². The monoisotopic (exact) mass is 259 g/mol. The fourth-order valence-electron chi connectivity index (χ4n) is 1.33. The molecule has 2 N–H and O–H groups in total. The Bertz CT molecular complexity index is 567. The Balaban J connectivity index is 2.40. The minimum absolute atomic E-state index is 0.168. The van der Waals surface area contributed by atoms with Gasteiger partial charge >= 0.3 is 0 Å². The maximum Gasteiger partial charge on any atom is 0.266 e. The zero-order valence-corrected chi connectivity index (χ0v) is 10.2. The topological polar surface area (TPSA) is 101 Å². The van der Waals surface area contributed by atoms with Crippen LogP contribution in [-0.2, 0) is 10.0 Å². The second kappa shape index (κ2) is 3.83. The first-order chi connectivity index (χ1) is 7.50. The fraction of sp³-hybridized carbons (Fsp3) is 0.286. The van der Waals surface area contributed by atoms with Gasteiger partial charge in [0, 0.05) is 11.5 Å². The molecular weight excluding hydrogens is 250 g/mol. The standard InChI is InChI=1S/C7H9N5O2S2/c1-4-7(5(2)10-9-4)16(13,14)11-6-3-8-12-15-6/h3,11H,1-2H3,(H,9,10). The summed E-state index contributed by atoms with van der Waals surface area (Å²) in [6, 6.07) is 0. The minimum atomic E-state index is -3.61. The predicted molar refractivity (Wildman–Crippen MR) is 58.8 cm³/mol. The molecule has 2 rings (SSSR count). The lowest BCUT2D eigenvalue weighted by Crippen LogP contribution is -2.13. The number of aryl methyl sites for hydroxylation is 2. The van der Waals surface area contributed by atoms with E-state index in [1.807, 2.05) is 0 Å². The number of nitrogens with zero attached hydrogens (tertiary/aromatic N) is 3. The zero-order valence-electron chi connectivity index (χ0n) is 8.55.